The van der Waals surface area contributed by atoms with Crippen molar-refractivity contribution in [3.8, 4) is 0 Å². The van der Waals surface area contributed by atoms with Gasteiger partial charge in [0.25, 0.3) is 0 Å². The molecule has 1 fully saturated rings. The quantitative estimate of drug-likeness (QED) is 0.427. The van der Waals surface area contributed by atoms with Crippen molar-refractivity contribution >= 4 is 16.9 Å². The lowest BCUT2D eigenvalue weighted by molar-refractivity contribution is -0.123. The van der Waals surface area contributed by atoms with E-state index in [1.54, 1.807) is 20.8 Å². The van der Waals surface area contributed by atoms with Crippen LogP contribution in [0.25, 0.3) is 11.2 Å². The topological polar surface area (TPSA) is 88.2 Å². The second-order valence-corrected chi connectivity index (χ2v) is 10.1. The molecule has 1 saturated carbocycles. The van der Waals surface area contributed by atoms with Crippen LogP contribution in [0.4, 0.5) is 0 Å². The third-order valence-electron chi connectivity index (χ3n) is 6.72. The van der Waals surface area contributed by atoms with E-state index in [9.17, 15) is 15.0 Å². The van der Waals surface area contributed by atoms with E-state index in [2.05, 4.69) is 4.57 Å². The number of unbranched alkanes of at least 4 members (excludes halogenated alkanes) is 1. The summed E-state index contributed by atoms with van der Waals surface area (Å²) in [6, 6.07) is 13.6. The maximum Gasteiger partial charge on any atom is 0.160 e. The summed E-state index contributed by atoms with van der Waals surface area (Å²) in [5.74, 6) is 1.09. The van der Waals surface area contributed by atoms with E-state index in [1.165, 1.54) is 6.42 Å². The Morgan fingerprint density at radius 1 is 1.03 bits per heavy atom. The van der Waals surface area contributed by atoms with Crippen LogP contribution in [0.15, 0.2) is 42.5 Å². The number of benzene rings is 1. The number of carbonyl (C=O) groups excluding carboxylic acids is 1. The number of pyridine rings is 1. The summed E-state index contributed by atoms with van der Waals surface area (Å²) in [7, 11) is 0. The number of carbonyl (C=O) groups is 1. The summed E-state index contributed by atoms with van der Waals surface area (Å²) >= 11 is 0. The van der Waals surface area contributed by atoms with E-state index in [1.807, 2.05) is 42.5 Å². The molecule has 6 heteroatoms. The monoisotopic (exact) mass is 449 g/mol. The zero-order valence-corrected chi connectivity index (χ0v) is 19.9. The Balaban J connectivity index is 1.39. The Kier molecular flexibility index (Phi) is 6.68. The average molecular weight is 450 g/mol. The van der Waals surface area contributed by atoms with Gasteiger partial charge in [0.15, 0.2) is 5.65 Å². The first-order chi connectivity index (χ1) is 15.6. The fraction of sp³-hybridized carbons (Fsp3) is 0.519. The van der Waals surface area contributed by atoms with E-state index in [0.717, 1.165) is 54.7 Å². The van der Waals surface area contributed by atoms with Gasteiger partial charge in [0.05, 0.1) is 11.3 Å². The summed E-state index contributed by atoms with van der Waals surface area (Å²) in [4.78, 5) is 22.1. The Morgan fingerprint density at radius 3 is 2.39 bits per heavy atom. The second-order valence-electron chi connectivity index (χ2n) is 10.1. The summed E-state index contributed by atoms with van der Waals surface area (Å²) in [5, 5.41) is 21.1. The molecule has 3 aromatic rings. The number of fused-ring (bicyclic) bond motifs is 1. The number of rotatable bonds is 10. The number of aromatic nitrogens is 3. The minimum absolute atomic E-state index is 0.0767. The Morgan fingerprint density at radius 2 is 1.76 bits per heavy atom. The minimum atomic E-state index is -1.14. The fourth-order valence-electron chi connectivity index (χ4n) is 4.54. The van der Waals surface area contributed by atoms with E-state index >= 15 is 0 Å². The molecule has 33 heavy (non-hydrogen) atoms. The summed E-state index contributed by atoms with van der Waals surface area (Å²) in [6.45, 7) is 5.20. The predicted molar refractivity (Wildman–Crippen MR) is 129 cm³/mol. The van der Waals surface area contributed by atoms with Gasteiger partial charge in [0.2, 0.25) is 0 Å². The minimum Gasteiger partial charge on any atom is -0.385 e. The molecule has 1 aliphatic rings. The molecule has 0 spiro atoms. The molecule has 0 saturated heterocycles. The number of aliphatic hydroxyl groups is 2. The molecular formula is C27H35N3O3. The van der Waals surface area contributed by atoms with Gasteiger partial charge in [-0.05, 0) is 70.6 Å². The van der Waals surface area contributed by atoms with Crippen LogP contribution in [0.5, 0.6) is 0 Å². The molecule has 4 rings (SSSR count). The average Bonchev–Trinajstić information content (AvgIpc) is 3.07. The number of hydrogen-bond acceptors (Lipinski definition) is 5. The normalized spacial score (nSPS) is 16.5. The highest BCUT2D eigenvalue weighted by molar-refractivity contribution is 5.79. The van der Waals surface area contributed by atoms with Gasteiger partial charge in [-0.15, -0.1) is 0 Å². The van der Waals surface area contributed by atoms with Crippen molar-refractivity contribution in [2.45, 2.75) is 89.4 Å². The lowest BCUT2D eigenvalue weighted by Crippen LogP contribution is -2.25. The molecule has 2 aromatic heterocycles. The number of aryl methyl sites for hydroxylation is 1. The van der Waals surface area contributed by atoms with Gasteiger partial charge in [-0.25, -0.2) is 9.97 Å². The van der Waals surface area contributed by atoms with E-state index in [0.29, 0.717) is 18.2 Å². The maximum absolute atomic E-state index is 12.5. The number of ketones is 1. The van der Waals surface area contributed by atoms with Crippen molar-refractivity contribution in [1.29, 1.82) is 0 Å². The van der Waals surface area contributed by atoms with Crippen LogP contribution in [0.3, 0.4) is 0 Å². The lowest BCUT2D eigenvalue weighted by Gasteiger charge is -2.29. The molecule has 1 atom stereocenters. The first kappa shape index (κ1) is 23.6. The van der Waals surface area contributed by atoms with Gasteiger partial charge in [-0.2, -0.15) is 0 Å². The highest BCUT2D eigenvalue weighted by atomic mass is 16.3. The molecule has 2 heterocycles. The van der Waals surface area contributed by atoms with E-state index < -0.39 is 11.2 Å². The van der Waals surface area contributed by atoms with Crippen LogP contribution in [0, 0.1) is 0 Å². The molecular weight excluding hydrogens is 414 g/mol. The standard InChI is InChI=1S/C27H35N3O3/c1-26(2,32)23-17-16-22-25(29-23)30(20-12-9-13-20)24(28-22)15-8-7-14-21(31)18-27(3,33)19-10-5-4-6-11-19/h4-6,10-11,16-17,20,32-33H,7-9,12-15,18H2,1-3H3/t27-/m0/s1. The Hall–Kier alpha value is -2.57. The number of Topliss-reactive ketones (excluding diaryl/α,β-unsaturated/α-hetero) is 1. The molecule has 0 amide bonds. The second kappa shape index (κ2) is 9.35. The van der Waals surface area contributed by atoms with Crippen molar-refractivity contribution in [3.05, 3.63) is 59.5 Å². The molecule has 0 unspecified atom stereocenters. The smallest absolute Gasteiger partial charge is 0.160 e. The SMILES string of the molecule is CC(C)(O)c1ccc2nc(CCCCC(=O)C[C@](C)(O)c3ccccc3)n(C3CCC3)c2n1. The van der Waals surface area contributed by atoms with Gasteiger partial charge in [-0.1, -0.05) is 30.3 Å². The third kappa shape index (κ3) is 5.33. The Bertz CT molecular complexity index is 1110. The van der Waals surface area contributed by atoms with Crippen molar-refractivity contribution < 1.29 is 15.0 Å². The fourth-order valence-corrected chi connectivity index (χ4v) is 4.54. The Labute approximate surface area is 195 Å². The van der Waals surface area contributed by atoms with Crippen LogP contribution >= 0.6 is 0 Å². The van der Waals surface area contributed by atoms with Gasteiger partial charge in [0, 0.05) is 25.3 Å². The van der Waals surface area contributed by atoms with Gasteiger partial charge in [-0.3, -0.25) is 4.79 Å². The number of imidazole rings is 1. The van der Waals surface area contributed by atoms with Crippen LogP contribution in [0.1, 0.15) is 88.8 Å². The zero-order valence-electron chi connectivity index (χ0n) is 19.9. The van der Waals surface area contributed by atoms with Gasteiger partial charge >= 0.3 is 0 Å². The van der Waals surface area contributed by atoms with E-state index in [4.69, 9.17) is 9.97 Å². The molecule has 0 aliphatic heterocycles. The van der Waals surface area contributed by atoms with Crippen LogP contribution in [-0.2, 0) is 22.4 Å². The molecule has 6 nitrogen and oxygen atoms in total. The first-order valence-corrected chi connectivity index (χ1v) is 12.1. The highest BCUT2D eigenvalue weighted by Crippen LogP contribution is 2.36. The maximum atomic E-state index is 12.5. The van der Waals surface area contributed by atoms with Crippen molar-refractivity contribution in [1.82, 2.24) is 14.5 Å². The van der Waals surface area contributed by atoms with Crippen LogP contribution in [0.2, 0.25) is 0 Å². The lowest BCUT2D eigenvalue weighted by atomic mass is 9.89. The molecule has 176 valence electrons. The van der Waals surface area contributed by atoms with Crippen LogP contribution < -0.4 is 0 Å². The molecule has 0 bridgehead atoms. The van der Waals surface area contributed by atoms with Crippen molar-refractivity contribution in [2.75, 3.05) is 0 Å². The zero-order chi connectivity index (χ0) is 23.6. The summed E-state index contributed by atoms with van der Waals surface area (Å²) < 4.78 is 2.26. The molecule has 1 aromatic carbocycles. The molecule has 2 N–H and O–H groups in total. The summed E-state index contributed by atoms with van der Waals surface area (Å²) in [6.07, 6.45) is 6.44. The molecule has 0 radical (unpaired) electrons. The first-order valence-electron chi connectivity index (χ1n) is 12.1. The van der Waals surface area contributed by atoms with Gasteiger partial charge in [0.1, 0.15) is 22.7 Å². The van der Waals surface area contributed by atoms with Crippen molar-refractivity contribution in [2.24, 2.45) is 0 Å². The molecule has 1 aliphatic carbocycles. The van der Waals surface area contributed by atoms with Crippen molar-refractivity contribution in [3.63, 3.8) is 0 Å². The van der Waals surface area contributed by atoms with Crippen LogP contribution in [-0.4, -0.2) is 30.5 Å². The van der Waals surface area contributed by atoms with E-state index in [-0.39, 0.29) is 12.2 Å². The summed E-state index contributed by atoms with van der Waals surface area (Å²) in [5.41, 5.74) is 0.998. The van der Waals surface area contributed by atoms with Gasteiger partial charge < -0.3 is 14.8 Å². The third-order valence-corrected chi connectivity index (χ3v) is 6.72. The predicted octanol–water partition coefficient (Wildman–Crippen LogP) is 4.96. The number of nitrogens with zero attached hydrogens (tertiary/aromatic N) is 3. The number of hydrogen-bond donors (Lipinski definition) is 2. The highest BCUT2D eigenvalue weighted by Gasteiger charge is 2.28. The largest absolute Gasteiger partial charge is 0.385 e.